The fraction of sp³-hybridized carbons (Fsp3) is 0.231. The summed E-state index contributed by atoms with van der Waals surface area (Å²) < 4.78 is 5.45. The minimum atomic E-state index is -1.06. The van der Waals surface area contributed by atoms with Gasteiger partial charge < -0.3 is 14.7 Å². The van der Waals surface area contributed by atoms with Gasteiger partial charge >= 0.3 is 5.97 Å². The molecule has 0 aromatic heterocycles. The van der Waals surface area contributed by atoms with Gasteiger partial charge in [0.15, 0.2) is 0 Å². The molecule has 1 heterocycles. The number of fused-ring (bicyclic) bond motifs is 1. The molecular formula is C13H12ClNO4. The quantitative estimate of drug-likeness (QED) is 0.915. The Bertz CT molecular complexity index is 568. The molecule has 1 aliphatic rings. The minimum Gasteiger partial charge on any atom is -0.488 e. The van der Waals surface area contributed by atoms with Crippen LogP contribution >= 0.6 is 11.6 Å². The van der Waals surface area contributed by atoms with Crippen molar-refractivity contribution in [2.45, 2.75) is 0 Å². The van der Waals surface area contributed by atoms with E-state index >= 15 is 0 Å². The highest BCUT2D eigenvalue weighted by molar-refractivity contribution is 6.30. The van der Waals surface area contributed by atoms with Crippen molar-refractivity contribution in [2.75, 3.05) is 20.2 Å². The molecule has 0 aliphatic carbocycles. The lowest BCUT2D eigenvalue weighted by Crippen LogP contribution is -2.34. The van der Waals surface area contributed by atoms with Crippen LogP contribution in [0.15, 0.2) is 23.8 Å². The van der Waals surface area contributed by atoms with Gasteiger partial charge in [-0.15, -0.1) is 0 Å². The number of hydrogen-bond acceptors (Lipinski definition) is 3. The molecule has 0 unspecified atom stereocenters. The lowest BCUT2D eigenvalue weighted by molar-refractivity contribution is -0.142. The number of carbonyl (C=O) groups excluding carboxylic acids is 1. The monoisotopic (exact) mass is 281 g/mol. The maximum absolute atomic E-state index is 12.0. The number of hydrogen-bond donors (Lipinski definition) is 1. The van der Waals surface area contributed by atoms with Gasteiger partial charge in [0.25, 0.3) is 5.91 Å². The van der Waals surface area contributed by atoms with Crippen LogP contribution in [0.4, 0.5) is 0 Å². The largest absolute Gasteiger partial charge is 0.488 e. The molecule has 5 nitrogen and oxygen atoms in total. The molecule has 2 rings (SSSR count). The molecule has 19 heavy (non-hydrogen) atoms. The number of carboxylic acid groups (broad SMARTS) is 1. The highest BCUT2D eigenvalue weighted by Gasteiger charge is 2.21. The van der Waals surface area contributed by atoms with Gasteiger partial charge in [-0.05, 0) is 24.3 Å². The standard InChI is InChI=1S/C13H12ClNO4/c1-15(6-12(16)17)13(18)9-4-8-5-10(14)2-3-11(8)19-7-9/h2-5H,6-7H2,1H3,(H,16,17). The summed E-state index contributed by atoms with van der Waals surface area (Å²) in [5.74, 6) is -0.772. The van der Waals surface area contributed by atoms with Crippen molar-refractivity contribution in [1.29, 1.82) is 0 Å². The summed E-state index contributed by atoms with van der Waals surface area (Å²) in [5, 5.41) is 9.21. The molecule has 0 spiro atoms. The molecule has 0 radical (unpaired) electrons. The summed E-state index contributed by atoms with van der Waals surface area (Å²) in [6, 6.07) is 5.13. The molecule has 1 N–H and O–H groups in total. The molecule has 1 amide bonds. The van der Waals surface area contributed by atoms with Crippen molar-refractivity contribution >= 4 is 29.6 Å². The molecule has 1 aromatic carbocycles. The van der Waals surface area contributed by atoms with Gasteiger partial charge in [0, 0.05) is 17.6 Å². The number of carbonyl (C=O) groups is 2. The second-order valence-corrected chi connectivity index (χ2v) is 4.63. The normalized spacial score (nSPS) is 13.1. The van der Waals surface area contributed by atoms with Crippen LogP contribution in [0.1, 0.15) is 5.56 Å². The average molecular weight is 282 g/mol. The van der Waals surface area contributed by atoms with Crippen LogP contribution in [-0.2, 0) is 9.59 Å². The SMILES string of the molecule is CN(CC(=O)O)C(=O)C1=Cc2cc(Cl)ccc2OC1. The van der Waals surface area contributed by atoms with Crippen LogP contribution in [0.25, 0.3) is 6.08 Å². The van der Waals surface area contributed by atoms with Crippen LogP contribution in [0.3, 0.4) is 0 Å². The number of halogens is 1. The van der Waals surface area contributed by atoms with Crippen LogP contribution in [0, 0.1) is 0 Å². The van der Waals surface area contributed by atoms with Crippen molar-refractivity contribution in [1.82, 2.24) is 4.90 Å². The Kier molecular flexibility index (Phi) is 3.76. The first-order chi connectivity index (χ1) is 8.97. The zero-order valence-corrected chi connectivity index (χ0v) is 11.0. The average Bonchev–Trinajstić information content (AvgIpc) is 2.36. The molecule has 0 saturated heterocycles. The van der Waals surface area contributed by atoms with Crippen molar-refractivity contribution in [2.24, 2.45) is 0 Å². The van der Waals surface area contributed by atoms with E-state index in [4.69, 9.17) is 21.4 Å². The van der Waals surface area contributed by atoms with Crippen molar-refractivity contribution in [3.05, 3.63) is 34.4 Å². The Labute approximate surface area is 115 Å². The lowest BCUT2D eigenvalue weighted by atomic mass is 10.1. The highest BCUT2D eigenvalue weighted by Crippen LogP contribution is 2.29. The van der Waals surface area contributed by atoms with Gasteiger partial charge in [-0.1, -0.05) is 11.6 Å². The Morgan fingerprint density at radius 3 is 2.89 bits per heavy atom. The van der Waals surface area contributed by atoms with Gasteiger partial charge in [0.1, 0.15) is 18.9 Å². The number of nitrogens with zero attached hydrogens (tertiary/aromatic N) is 1. The third kappa shape index (κ3) is 3.06. The zero-order valence-electron chi connectivity index (χ0n) is 10.2. The topological polar surface area (TPSA) is 66.8 Å². The van der Waals surface area contributed by atoms with E-state index in [1.165, 1.54) is 7.05 Å². The fourth-order valence-corrected chi connectivity index (χ4v) is 1.97. The Morgan fingerprint density at radius 1 is 1.47 bits per heavy atom. The van der Waals surface area contributed by atoms with Crippen LogP contribution in [0.5, 0.6) is 5.75 Å². The predicted octanol–water partition coefficient (Wildman–Crippen LogP) is 1.66. The van der Waals surface area contributed by atoms with E-state index in [0.717, 1.165) is 4.90 Å². The molecule has 0 bridgehead atoms. The molecule has 100 valence electrons. The van der Waals surface area contributed by atoms with Crippen molar-refractivity contribution < 1.29 is 19.4 Å². The first kappa shape index (κ1) is 13.4. The molecular weight excluding hydrogens is 270 g/mol. The number of rotatable bonds is 3. The van der Waals surface area contributed by atoms with E-state index in [1.54, 1.807) is 24.3 Å². The van der Waals surface area contributed by atoms with Crippen LogP contribution in [0.2, 0.25) is 5.02 Å². The van der Waals surface area contributed by atoms with Crippen LogP contribution in [-0.4, -0.2) is 42.1 Å². The summed E-state index contributed by atoms with van der Waals surface area (Å²) in [5.41, 5.74) is 1.12. The first-order valence-corrected chi connectivity index (χ1v) is 5.95. The van der Waals surface area contributed by atoms with Crippen LogP contribution < -0.4 is 4.74 Å². The Hall–Kier alpha value is -2.01. The summed E-state index contributed by atoms with van der Waals surface area (Å²) in [6.45, 7) is -0.226. The number of benzene rings is 1. The van der Waals surface area contributed by atoms with Crippen molar-refractivity contribution in [3.63, 3.8) is 0 Å². The van der Waals surface area contributed by atoms with Gasteiger partial charge in [0.2, 0.25) is 0 Å². The maximum Gasteiger partial charge on any atom is 0.323 e. The summed E-state index contributed by atoms with van der Waals surface area (Å²) in [6.07, 6.45) is 1.67. The van der Waals surface area contributed by atoms with E-state index < -0.39 is 5.97 Å². The number of amides is 1. The molecule has 1 aliphatic heterocycles. The number of likely N-dealkylation sites (N-methyl/N-ethyl adjacent to an activating group) is 1. The first-order valence-electron chi connectivity index (χ1n) is 5.57. The summed E-state index contributed by atoms with van der Waals surface area (Å²) >= 11 is 5.88. The summed E-state index contributed by atoms with van der Waals surface area (Å²) in [7, 11) is 1.44. The fourth-order valence-electron chi connectivity index (χ4n) is 1.79. The van der Waals surface area contributed by atoms with Gasteiger partial charge in [-0.2, -0.15) is 0 Å². The number of aliphatic carboxylic acids is 1. The van der Waals surface area contributed by atoms with E-state index in [2.05, 4.69) is 0 Å². The zero-order chi connectivity index (χ0) is 14.0. The van der Waals surface area contributed by atoms with Gasteiger partial charge in [-0.25, -0.2) is 0 Å². The number of carboxylic acids is 1. The third-order valence-corrected chi connectivity index (χ3v) is 2.91. The number of ether oxygens (including phenoxy) is 1. The minimum absolute atomic E-state index is 0.122. The van der Waals surface area contributed by atoms with Gasteiger partial charge in [-0.3, -0.25) is 9.59 Å². The van der Waals surface area contributed by atoms with E-state index in [1.807, 2.05) is 0 Å². The molecule has 6 heteroatoms. The Balaban J connectivity index is 2.23. The molecule has 0 atom stereocenters. The third-order valence-electron chi connectivity index (χ3n) is 2.68. The lowest BCUT2D eigenvalue weighted by Gasteiger charge is -2.21. The Morgan fingerprint density at radius 2 is 2.21 bits per heavy atom. The summed E-state index contributed by atoms with van der Waals surface area (Å²) in [4.78, 5) is 23.7. The smallest absolute Gasteiger partial charge is 0.323 e. The molecule has 0 fully saturated rings. The van der Waals surface area contributed by atoms with E-state index in [9.17, 15) is 9.59 Å². The van der Waals surface area contributed by atoms with E-state index in [0.29, 0.717) is 21.9 Å². The predicted molar refractivity (Wildman–Crippen MR) is 70.2 cm³/mol. The van der Waals surface area contributed by atoms with E-state index in [-0.39, 0.29) is 19.1 Å². The van der Waals surface area contributed by atoms with Gasteiger partial charge in [0.05, 0.1) is 5.57 Å². The second-order valence-electron chi connectivity index (χ2n) is 4.20. The molecule has 1 aromatic rings. The van der Waals surface area contributed by atoms with Crippen molar-refractivity contribution in [3.8, 4) is 5.75 Å². The second kappa shape index (κ2) is 5.32. The highest BCUT2D eigenvalue weighted by atomic mass is 35.5. The maximum atomic E-state index is 12.0. The molecule has 0 saturated carbocycles.